The summed E-state index contributed by atoms with van der Waals surface area (Å²) in [5.41, 5.74) is 2.05. The minimum atomic E-state index is 0. The first-order chi connectivity index (χ1) is 13.3. The highest BCUT2D eigenvalue weighted by atomic mass is 35.5. The standard InChI is InChI=1S/C22H24N2O2S.ClH/c1-2-26-20-8-7-18-5-3-4-6-19(18)21(20)22(25)24-12-10-23(11-13-24)15-17-9-14-27-16-17;/h3-9,14,16H,2,10-13,15H2,1H3;1H. The van der Waals surface area contributed by atoms with Crippen molar-refractivity contribution in [3.63, 3.8) is 0 Å². The predicted octanol–water partition coefficient (Wildman–Crippen LogP) is 4.68. The Morgan fingerprint density at radius 1 is 1.07 bits per heavy atom. The van der Waals surface area contributed by atoms with Gasteiger partial charge in [-0.25, -0.2) is 0 Å². The highest BCUT2D eigenvalue weighted by Crippen LogP contribution is 2.30. The Labute approximate surface area is 176 Å². The number of rotatable bonds is 5. The van der Waals surface area contributed by atoms with Gasteiger partial charge in [0.15, 0.2) is 0 Å². The molecule has 0 unspecified atom stereocenters. The van der Waals surface area contributed by atoms with E-state index in [4.69, 9.17) is 4.74 Å². The number of carbonyl (C=O) groups excluding carboxylic acids is 1. The van der Waals surface area contributed by atoms with Crippen LogP contribution in [0, 0.1) is 0 Å². The van der Waals surface area contributed by atoms with E-state index >= 15 is 0 Å². The summed E-state index contributed by atoms with van der Waals surface area (Å²) in [7, 11) is 0. The smallest absolute Gasteiger partial charge is 0.258 e. The van der Waals surface area contributed by atoms with Crippen LogP contribution in [0.2, 0.25) is 0 Å². The molecular formula is C22H25ClN2O2S. The average molecular weight is 417 g/mol. The molecule has 0 saturated carbocycles. The van der Waals surface area contributed by atoms with E-state index in [1.54, 1.807) is 11.3 Å². The number of piperazine rings is 1. The number of hydrogen-bond donors (Lipinski definition) is 0. The molecule has 1 aliphatic rings. The lowest BCUT2D eigenvalue weighted by Crippen LogP contribution is -2.48. The predicted molar refractivity (Wildman–Crippen MR) is 118 cm³/mol. The van der Waals surface area contributed by atoms with Gasteiger partial charge in [-0.1, -0.05) is 30.3 Å². The molecule has 1 aliphatic heterocycles. The Bertz CT molecular complexity index is 921. The van der Waals surface area contributed by atoms with Crippen molar-refractivity contribution in [2.24, 2.45) is 0 Å². The van der Waals surface area contributed by atoms with Crippen LogP contribution in [0.5, 0.6) is 5.75 Å². The van der Waals surface area contributed by atoms with Crippen molar-refractivity contribution in [1.29, 1.82) is 0 Å². The molecule has 2 heterocycles. The minimum absolute atomic E-state index is 0. The number of ether oxygens (including phenoxy) is 1. The Kier molecular flexibility index (Phi) is 6.94. The van der Waals surface area contributed by atoms with Crippen LogP contribution < -0.4 is 4.74 Å². The van der Waals surface area contributed by atoms with Gasteiger partial charge in [0.2, 0.25) is 0 Å². The van der Waals surface area contributed by atoms with Crippen LogP contribution in [0.25, 0.3) is 10.8 Å². The fraction of sp³-hybridized carbons (Fsp3) is 0.318. The molecule has 2 aromatic carbocycles. The molecule has 1 saturated heterocycles. The molecule has 0 bridgehead atoms. The topological polar surface area (TPSA) is 32.8 Å². The summed E-state index contributed by atoms with van der Waals surface area (Å²) in [5.74, 6) is 0.757. The molecule has 0 aliphatic carbocycles. The van der Waals surface area contributed by atoms with Crippen LogP contribution in [0.1, 0.15) is 22.8 Å². The molecule has 0 atom stereocenters. The molecule has 1 aromatic heterocycles. The average Bonchev–Trinajstić information content (AvgIpc) is 3.21. The second-order valence-electron chi connectivity index (χ2n) is 6.79. The number of hydrogen-bond acceptors (Lipinski definition) is 4. The van der Waals surface area contributed by atoms with Crippen molar-refractivity contribution in [3.8, 4) is 5.75 Å². The third kappa shape index (κ3) is 4.32. The molecule has 0 N–H and O–H groups in total. The molecule has 0 spiro atoms. The SMILES string of the molecule is CCOc1ccc2ccccc2c1C(=O)N1CCN(Cc2ccsc2)CC1.Cl. The molecule has 28 heavy (non-hydrogen) atoms. The summed E-state index contributed by atoms with van der Waals surface area (Å²) < 4.78 is 5.79. The van der Waals surface area contributed by atoms with Gasteiger partial charge in [-0.15, -0.1) is 12.4 Å². The molecule has 148 valence electrons. The normalized spacial score (nSPS) is 14.7. The van der Waals surface area contributed by atoms with Crippen molar-refractivity contribution in [3.05, 3.63) is 64.4 Å². The Morgan fingerprint density at radius 2 is 1.86 bits per heavy atom. The van der Waals surface area contributed by atoms with Crippen LogP contribution in [0.3, 0.4) is 0 Å². The second-order valence-corrected chi connectivity index (χ2v) is 7.57. The number of halogens is 1. The van der Waals surface area contributed by atoms with Crippen molar-refractivity contribution >= 4 is 40.4 Å². The number of carbonyl (C=O) groups is 1. The van der Waals surface area contributed by atoms with E-state index < -0.39 is 0 Å². The lowest BCUT2D eigenvalue weighted by Gasteiger charge is -2.35. The van der Waals surface area contributed by atoms with E-state index in [2.05, 4.69) is 21.7 Å². The van der Waals surface area contributed by atoms with E-state index in [-0.39, 0.29) is 18.3 Å². The molecule has 0 radical (unpaired) electrons. The summed E-state index contributed by atoms with van der Waals surface area (Å²) in [6, 6.07) is 14.2. The summed E-state index contributed by atoms with van der Waals surface area (Å²) in [5, 5.41) is 6.35. The van der Waals surface area contributed by atoms with E-state index in [9.17, 15) is 4.79 Å². The van der Waals surface area contributed by atoms with Crippen LogP contribution in [-0.2, 0) is 6.54 Å². The second kappa shape index (κ2) is 9.41. The largest absolute Gasteiger partial charge is 0.493 e. The third-order valence-corrected chi connectivity index (χ3v) is 5.78. The fourth-order valence-corrected chi connectivity index (χ4v) is 4.32. The number of benzene rings is 2. The summed E-state index contributed by atoms with van der Waals surface area (Å²) in [4.78, 5) is 17.7. The monoisotopic (exact) mass is 416 g/mol. The van der Waals surface area contributed by atoms with Gasteiger partial charge in [-0.2, -0.15) is 11.3 Å². The van der Waals surface area contributed by atoms with Gasteiger partial charge in [0.25, 0.3) is 5.91 Å². The van der Waals surface area contributed by atoms with Gasteiger partial charge >= 0.3 is 0 Å². The molecule has 4 rings (SSSR count). The zero-order valence-electron chi connectivity index (χ0n) is 16.0. The maximum Gasteiger partial charge on any atom is 0.258 e. The third-order valence-electron chi connectivity index (χ3n) is 5.05. The molecular weight excluding hydrogens is 392 g/mol. The first-order valence-electron chi connectivity index (χ1n) is 9.43. The van der Waals surface area contributed by atoms with Gasteiger partial charge in [0.05, 0.1) is 12.2 Å². The lowest BCUT2D eigenvalue weighted by atomic mass is 10.0. The maximum atomic E-state index is 13.4. The zero-order chi connectivity index (χ0) is 18.6. The van der Waals surface area contributed by atoms with Crippen LogP contribution in [0.4, 0.5) is 0 Å². The van der Waals surface area contributed by atoms with E-state index in [1.165, 1.54) is 5.56 Å². The van der Waals surface area contributed by atoms with E-state index in [1.807, 2.05) is 48.2 Å². The molecule has 4 nitrogen and oxygen atoms in total. The molecule has 6 heteroatoms. The lowest BCUT2D eigenvalue weighted by molar-refractivity contribution is 0.0627. The minimum Gasteiger partial charge on any atom is -0.493 e. The van der Waals surface area contributed by atoms with Crippen molar-refractivity contribution < 1.29 is 9.53 Å². The fourth-order valence-electron chi connectivity index (χ4n) is 3.66. The highest BCUT2D eigenvalue weighted by molar-refractivity contribution is 7.07. The maximum absolute atomic E-state index is 13.4. The number of amides is 1. The van der Waals surface area contributed by atoms with Gasteiger partial charge in [0.1, 0.15) is 5.75 Å². The first kappa shape index (κ1) is 20.6. The van der Waals surface area contributed by atoms with Gasteiger partial charge in [0, 0.05) is 32.7 Å². The van der Waals surface area contributed by atoms with Gasteiger partial charge in [-0.05, 0) is 46.2 Å². The van der Waals surface area contributed by atoms with Crippen molar-refractivity contribution in [1.82, 2.24) is 9.80 Å². The number of fused-ring (bicyclic) bond motifs is 1. The van der Waals surface area contributed by atoms with Gasteiger partial charge < -0.3 is 9.64 Å². The Morgan fingerprint density at radius 3 is 2.57 bits per heavy atom. The zero-order valence-corrected chi connectivity index (χ0v) is 17.6. The highest BCUT2D eigenvalue weighted by Gasteiger charge is 2.26. The van der Waals surface area contributed by atoms with Crippen LogP contribution in [-0.4, -0.2) is 48.5 Å². The number of thiophene rings is 1. The Hall–Kier alpha value is -2.08. The number of nitrogens with zero attached hydrogens (tertiary/aromatic N) is 2. The first-order valence-corrected chi connectivity index (χ1v) is 10.4. The van der Waals surface area contributed by atoms with Crippen molar-refractivity contribution in [2.75, 3.05) is 32.8 Å². The summed E-state index contributed by atoms with van der Waals surface area (Å²) >= 11 is 1.73. The van der Waals surface area contributed by atoms with E-state index in [0.29, 0.717) is 17.9 Å². The molecule has 1 amide bonds. The van der Waals surface area contributed by atoms with Crippen LogP contribution in [0.15, 0.2) is 53.2 Å². The Balaban J connectivity index is 0.00000225. The summed E-state index contributed by atoms with van der Waals surface area (Å²) in [6.45, 7) is 6.76. The van der Waals surface area contributed by atoms with E-state index in [0.717, 1.165) is 43.5 Å². The summed E-state index contributed by atoms with van der Waals surface area (Å²) in [6.07, 6.45) is 0. The molecule has 3 aromatic rings. The van der Waals surface area contributed by atoms with Crippen molar-refractivity contribution in [2.45, 2.75) is 13.5 Å². The quantitative estimate of drug-likeness (QED) is 0.605. The van der Waals surface area contributed by atoms with Crippen LogP contribution >= 0.6 is 23.7 Å². The van der Waals surface area contributed by atoms with Gasteiger partial charge in [-0.3, -0.25) is 9.69 Å². The molecule has 1 fully saturated rings.